The molecule has 1 aliphatic heterocycles. The van der Waals surface area contributed by atoms with Crippen LogP contribution < -0.4 is 9.64 Å². The molecule has 8 nitrogen and oxygen atoms in total. The fourth-order valence-electron chi connectivity index (χ4n) is 4.80. The molecule has 1 fully saturated rings. The highest BCUT2D eigenvalue weighted by Gasteiger charge is 2.25. The quantitative estimate of drug-likeness (QED) is 0.322. The summed E-state index contributed by atoms with van der Waals surface area (Å²) in [5, 5.41) is 8.86. The van der Waals surface area contributed by atoms with Crippen LogP contribution in [0.3, 0.4) is 0 Å². The summed E-state index contributed by atoms with van der Waals surface area (Å²) < 4.78 is 5.31. The van der Waals surface area contributed by atoms with Crippen LogP contribution in [-0.4, -0.2) is 71.6 Å². The van der Waals surface area contributed by atoms with Gasteiger partial charge in [0.2, 0.25) is 11.8 Å². The Labute approximate surface area is 234 Å². The normalized spacial score (nSPS) is 13.1. The van der Waals surface area contributed by atoms with Crippen molar-refractivity contribution in [1.29, 1.82) is 0 Å². The maximum absolute atomic E-state index is 13.3. The third-order valence-electron chi connectivity index (χ3n) is 7.07. The van der Waals surface area contributed by atoms with E-state index in [1.807, 2.05) is 102 Å². The third-order valence-corrected chi connectivity index (χ3v) is 7.07. The Morgan fingerprint density at radius 1 is 0.800 bits per heavy atom. The molecule has 40 heavy (non-hydrogen) atoms. The average molecular weight is 536 g/mol. The molecule has 2 amide bonds. The molecule has 8 heteroatoms. The van der Waals surface area contributed by atoms with Crippen LogP contribution in [0, 0.1) is 0 Å². The maximum Gasteiger partial charge on any atom is 0.242 e. The molecule has 0 aliphatic carbocycles. The molecule has 0 radical (unpaired) electrons. The maximum atomic E-state index is 13.3. The van der Waals surface area contributed by atoms with Crippen LogP contribution in [0.25, 0.3) is 11.3 Å². The Bertz CT molecular complexity index is 1410. The lowest BCUT2D eigenvalue weighted by atomic mass is 10.1. The molecule has 0 saturated carbocycles. The molecular weight excluding hydrogens is 502 g/mol. The van der Waals surface area contributed by atoms with Gasteiger partial charge in [-0.15, -0.1) is 10.2 Å². The molecule has 4 aromatic rings. The third kappa shape index (κ3) is 6.83. The highest BCUT2D eigenvalue weighted by molar-refractivity contribution is 5.86. The van der Waals surface area contributed by atoms with E-state index in [1.165, 1.54) is 0 Å². The number of hydrogen-bond donors (Lipinski definition) is 0. The molecule has 5 rings (SSSR count). The van der Waals surface area contributed by atoms with Gasteiger partial charge in [0.25, 0.3) is 0 Å². The van der Waals surface area contributed by atoms with Gasteiger partial charge in [-0.3, -0.25) is 9.59 Å². The summed E-state index contributed by atoms with van der Waals surface area (Å²) in [5.41, 5.74) is 3.65. The number of benzene rings is 3. The minimum Gasteiger partial charge on any atom is -0.497 e. The average Bonchev–Trinajstić information content (AvgIpc) is 3.02. The zero-order valence-electron chi connectivity index (χ0n) is 22.6. The summed E-state index contributed by atoms with van der Waals surface area (Å²) in [5.74, 6) is 1.45. The van der Waals surface area contributed by atoms with E-state index in [9.17, 15) is 9.59 Å². The molecule has 0 spiro atoms. The predicted octanol–water partition coefficient (Wildman–Crippen LogP) is 4.07. The van der Waals surface area contributed by atoms with E-state index >= 15 is 0 Å². The smallest absolute Gasteiger partial charge is 0.242 e. The highest BCUT2D eigenvalue weighted by atomic mass is 16.5. The van der Waals surface area contributed by atoms with E-state index < -0.39 is 0 Å². The Kier molecular flexibility index (Phi) is 8.66. The molecule has 0 unspecified atom stereocenters. The van der Waals surface area contributed by atoms with Gasteiger partial charge in [0, 0.05) is 38.3 Å². The lowest BCUT2D eigenvalue weighted by Gasteiger charge is -2.36. The summed E-state index contributed by atoms with van der Waals surface area (Å²) in [6, 6.07) is 31.1. The van der Waals surface area contributed by atoms with E-state index in [2.05, 4.69) is 15.1 Å². The summed E-state index contributed by atoms with van der Waals surface area (Å²) in [6.07, 6.45) is 0.263. The second-order valence-corrected chi connectivity index (χ2v) is 9.77. The van der Waals surface area contributed by atoms with Crippen LogP contribution >= 0.6 is 0 Å². The van der Waals surface area contributed by atoms with E-state index in [0.29, 0.717) is 32.7 Å². The second kappa shape index (κ2) is 12.9. The largest absolute Gasteiger partial charge is 0.497 e. The first-order chi connectivity index (χ1) is 19.6. The van der Waals surface area contributed by atoms with Crippen molar-refractivity contribution in [1.82, 2.24) is 20.0 Å². The summed E-state index contributed by atoms with van der Waals surface area (Å²) >= 11 is 0. The molecule has 1 saturated heterocycles. The molecule has 0 bridgehead atoms. The number of anilines is 1. The van der Waals surface area contributed by atoms with Gasteiger partial charge in [-0.05, 0) is 35.4 Å². The van der Waals surface area contributed by atoms with Gasteiger partial charge in [-0.1, -0.05) is 72.8 Å². The molecule has 1 aliphatic rings. The summed E-state index contributed by atoms with van der Waals surface area (Å²) in [7, 11) is 1.64. The van der Waals surface area contributed by atoms with Crippen molar-refractivity contribution in [3.05, 3.63) is 108 Å². The van der Waals surface area contributed by atoms with Gasteiger partial charge >= 0.3 is 0 Å². The number of carbonyl (C=O) groups excluding carboxylic acids is 2. The van der Waals surface area contributed by atoms with Gasteiger partial charge in [0.05, 0.1) is 19.2 Å². The molecule has 0 atom stereocenters. The Morgan fingerprint density at radius 2 is 1.50 bits per heavy atom. The van der Waals surface area contributed by atoms with Gasteiger partial charge in [-0.25, -0.2) is 0 Å². The summed E-state index contributed by atoms with van der Waals surface area (Å²) in [4.78, 5) is 32.2. The van der Waals surface area contributed by atoms with Crippen LogP contribution in [0.5, 0.6) is 5.75 Å². The van der Waals surface area contributed by atoms with Crippen molar-refractivity contribution < 1.29 is 14.3 Å². The number of carbonyl (C=O) groups is 2. The van der Waals surface area contributed by atoms with E-state index in [4.69, 9.17) is 4.74 Å². The van der Waals surface area contributed by atoms with Crippen molar-refractivity contribution >= 4 is 17.6 Å². The molecule has 3 aromatic carbocycles. The topological polar surface area (TPSA) is 78.9 Å². The molecular formula is C32H33N5O3. The van der Waals surface area contributed by atoms with Crippen LogP contribution in [0.2, 0.25) is 0 Å². The van der Waals surface area contributed by atoms with Crippen LogP contribution in [0.15, 0.2) is 97.1 Å². The van der Waals surface area contributed by atoms with Crippen molar-refractivity contribution in [2.75, 3.05) is 44.7 Å². The zero-order chi connectivity index (χ0) is 27.7. The second-order valence-electron chi connectivity index (χ2n) is 9.77. The van der Waals surface area contributed by atoms with Gasteiger partial charge in [0.15, 0.2) is 5.82 Å². The minimum absolute atomic E-state index is 0.0450. The first-order valence-corrected chi connectivity index (χ1v) is 13.5. The lowest BCUT2D eigenvalue weighted by molar-refractivity contribution is -0.140. The van der Waals surface area contributed by atoms with Crippen molar-refractivity contribution in [2.24, 2.45) is 0 Å². The van der Waals surface area contributed by atoms with Gasteiger partial charge in [0.1, 0.15) is 12.3 Å². The van der Waals surface area contributed by atoms with Crippen LogP contribution in [-0.2, 0) is 22.6 Å². The van der Waals surface area contributed by atoms with Crippen molar-refractivity contribution in [3.63, 3.8) is 0 Å². The lowest BCUT2D eigenvalue weighted by Crippen LogP contribution is -2.52. The fraction of sp³-hybridized carbons (Fsp3) is 0.250. The van der Waals surface area contributed by atoms with Crippen molar-refractivity contribution in [2.45, 2.75) is 13.0 Å². The minimum atomic E-state index is -0.0616. The van der Waals surface area contributed by atoms with E-state index in [-0.39, 0.29) is 24.8 Å². The predicted molar refractivity (Wildman–Crippen MR) is 155 cm³/mol. The summed E-state index contributed by atoms with van der Waals surface area (Å²) in [6.45, 7) is 2.86. The number of aromatic nitrogens is 2. The first-order valence-electron chi connectivity index (χ1n) is 13.5. The number of rotatable bonds is 9. The van der Waals surface area contributed by atoms with Crippen LogP contribution in [0.1, 0.15) is 11.1 Å². The van der Waals surface area contributed by atoms with Crippen molar-refractivity contribution in [3.8, 4) is 17.0 Å². The molecule has 1 aromatic heterocycles. The molecule has 2 heterocycles. The molecule has 0 N–H and O–H groups in total. The molecule has 204 valence electrons. The fourth-order valence-corrected chi connectivity index (χ4v) is 4.80. The zero-order valence-corrected chi connectivity index (χ0v) is 22.6. The first kappa shape index (κ1) is 26.9. The number of ether oxygens (including phenoxy) is 1. The number of nitrogens with zero attached hydrogens (tertiary/aromatic N) is 5. The van der Waals surface area contributed by atoms with E-state index in [0.717, 1.165) is 34.0 Å². The highest BCUT2D eigenvalue weighted by Crippen LogP contribution is 2.23. The van der Waals surface area contributed by atoms with Gasteiger partial charge in [-0.2, -0.15) is 0 Å². The number of hydrogen-bond acceptors (Lipinski definition) is 6. The number of amides is 2. The van der Waals surface area contributed by atoms with E-state index in [1.54, 1.807) is 12.0 Å². The number of piperazine rings is 1. The Morgan fingerprint density at radius 3 is 2.15 bits per heavy atom. The van der Waals surface area contributed by atoms with Gasteiger partial charge < -0.3 is 19.4 Å². The number of methoxy groups -OCH3 is 1. The Hall–Kier alpha value is -4.72. The van der Waals surface area contributed by atoms with Crippen LogP contribution in [0.4, 0.5) is 5.82 Å². The standard InChI is InChI=1S/C32H33N5O3/c1-40-28-14-8-13-27(22-28)29-15-16-30(34-33-29)35-17-19-36(20-18-35)32(39)24-37(23-26-11-6-3-7-12-26)31(38)21-25-9-4-2-5-10-25/h2-16,22H,17-21,23-24H2,1H3. The Balaban J connectivity index is 1.19. The SMILES string of the molecule is COc1cccc(-c2ccc(N3CCN(C(=O)CN(Cc4ccccc4)C(=O)Cc4ccccc4)CC3)nn2)c1. The monoisotopic (exact) mass is 535 g/mol.